The molecular weight excluding hydrogens is 154 g/mol. The number of oxime groups is 1. The smallest absolute Gasteiger partial charge is 0.194 e. The molecule has 0 saturated carbocycles. The standard InChI is InChI=1S/C8H19N3O/c1-4-11(5-2,6-3)7-8(9)10-12/h4-7H2,1-3H3,(H2-,9,10,12)/p+1. The number of hydrogen-bond acceptors (Lipinski definition) is 2. The maximum atomic E-state index is 8.44. The van der Waals surface area contributed by atoms with Gasteiger partial charge in [0.2, 0.25) is 0 Å². The minimum atomic E-state index is 0.320. The molecule has 0 aromatic rings. The quantitative estimate of drug-likeness (QED) is 0.211. The third-order valence-electron chi connectivity index (χ3n) is 2.64. The zero-order valence-electron chi connectivity index (χ0n) is 8.25. The van der Waals surface area contributed by atoms with Crippen molar-refractivity contribution in [3.05, 3.63) is 0 Å². The minimum Gasteiger partial charge on any atom is -0.409 e. The molecule has 4 nitrogen and oxygen atoms in total. The summed E-state index contributed by atoms with van der Waals surface area (Å²) < 4.78 is 0.885. The zero-order chi connectivity index (χ0) is 9.61. The molecule has 0 atom stereocenters. The molecule has 0 rings (SSSR count). The van der Waals surface area contributed by atoms with Crippen LogP contribution in [-0.4, -0.2) is 41.7 Å². The van der Waals surface area contributed by atoms with Gasteiger partial charge in [0, 0.05) is 0 Å². The van der Waals surface area contributed by atoms with Crippen molar-refractivity contribution in [1.29, 1.82) is 0 Å². The molecule has 0 aliphatic carbocycles. The van der Waals surface area contributed by atoms with Crippen molar-refractivity contribution in [1.82, 2.24) is 0 Å². The summed E-state index contributed by atoms with van der Waals surface area (Å²) >= 11 is 0. The van der Waals surface area contributed by atoms with Crippen molar-refractivity contribution >= 4 is 5.84 Å². The minimum absolute atomic E-state index is 0.320. The maximum Gasteiger partial charge on any atom is 0.194 e. The highest BCUT2D eigenvalue weighted by Crippen LogP contribution is 2.04. The first-order chi connectivity index (χ1) is 5.64. The lowest BCUT2D eigenvalue weighted by Crippen LogP contribution is -2.52. The van der Waals surface area contributed by atoms with E-state index in [1.165, 1.54) is 0 Å². The predicted octanol–water partition coefficient (Wildman–Crippen LogP) is 0.609. The van der Waals surface area contributed by atoms with Crippen LogP contribution in [0.1, 0.15) is 20.8 Å². The van der Waals surface area contributed by atoms with Crippen molar-refractivity contribution in [2.24, 2.45) is 10.9 Å². The van der Waals surface area contributed by atoms with E-state index in [-0.39, 0.29) is 0 Å². The summed E-state index contributed by atoms with van der Waals surface area (Å²) in [5.41, 5.74) is 5.47. The van der Waals surface area contributed by atoms with Crippen LogP contribution >= 0.6 is 0 Å². The van der Waals surface area contributed by atoms with E-state index in [2.05, 4.69) is 25.9 Å². The third kappa shape index (κ3) is 2.70. The van der Waals surface area contributed by atoms with Gasteiger partial charge in [-0.05, 0) is 20.8 Å². The summed E-state index contributed by atoms with van der Waals surface area (Å²) in [6.07, 6.45) is 0. The van der Waals surface area contributed by atoms with Gasteiger partial charge in [0.1, 0.15) is 6.54 Å². The van der Waals surface area contributed by atoms with Gasteiger partial charge in [-0.3, -0.25) is 0 Å². The SMILES string of the molecule is CC[N+](CC)(CC)C/C(N)=N\O. The van der Waals surface area contributed by atoms with Crippen LogP contribution in [0.15, 0.2) is 5.16 Å². The van der Waals surface area contributed by atoms with Crippen LogP contribution in [0.5, 0.6) is 0 Å². The van der Waals surface area contributed by atoms with E-state index in [0.717, 1.165) is 24.1 Å². The van der Waals surface area contributed by atoms with Crippen molar-refractivity contribution < 1.29 is 9.69 Å². The van der Waals surface area contributed by atoms with Gasteiger partial charge in [0.25, 0.3) is 0 Å². The molecule has 3 N–H and O–H groups in total. The van der Waals surface area contributed by atoms with Crippen LogP contribution in [0.3, 0.4) is 0 Å². The third-order valence-corrected chi connectivity index (χ3v) is 2.64. The van der Waals surface area contributed by atoms with Crippen LogP contribution < -0.4 is 5.73 Å². The molecule has 72 valence electrons. The summed E-state index contributed by atoms with van der Waals surface area (Å²) in [6, 6.07) is 0. The Bertz CT molecular complexity index is 144. The fourth-order valence-corrected chi connectivity index (χ4v) is 1.38. The maximum absolute atomic E-state index is 8.44. The molecule has 4 heteroatoms. The Hall–Kier alpha value is -0.770. The molecular formula is C8H20N3O+. The van der Waals surface area contributed by atoms with Crippen LogP contribution in [0, 0.1) is 0 Å². The van der Waals surface area contributed by atoms with E-state index < -0.39 is 0 Å². The number of rotatable bonds is 5. The molecule has 0 aliphatic rings. The van der Waals surface area contributed by atoms with Crippen LogP contribution in [0.25, 0.3) is 0 Å². The number of hydrogen-bond donors (Lipinski definition) is 2. The zero-order valence-corrected chi connectivity index (χ0v) is 8.25. The number of amidine groups is 1. The van der Waals surface area contributed by atoms with E-state index in [9.17, 15) is 0 Å². The van der Waals surface area contributed by atoms with Crippen LogP contribution in [-0.2, 0) is 0 Å². The second kappa shape index (κ2) is 4.98. The van der Waals surface area contributed by atoms with Gasteiger partial charge in [-0.1, -0.05) is 5.16 Å². The Morgan fingerprint density at radius 1 is 1.25 bits per heavy atom. The summed E-state index contributed by atoms with van der Waals surface area (Å²) in [4.78, 5) is 0. The molecule has 0 heterocycles. The highest BCUT2D eigenvalue weighted by molar-refractivity contribution is 5.80. The lowest BCUT2D eigenvalue weighted by molar-refractivity contribution is -0.914. The first kappa shape index (κ1) is 11.2. The highest BCUT2D eigenvalue weighted by atomic mass is 16.4. The lowest BCUT2D eigenvalue weighted by atomic mass is 10.3. The summed E-state index contributed by atoms with van der Waals surface area (Å²) in [7, 11) is 0. The number of nitrogens with two attached hydrogens (primary N) is 1. The van der Waals surface area contributed by atoms with E-state index >= 15 is 0 Å². The van der Waals surface area contributed by atoms with Crippen molar-refractivity contribution in [2.75, 3.05) is 26.2 Å². The summed E-state index contributed by atoms with van der Waals surface area (Å²) in [6.45, 7) is 10.1. The van der Waals surface area contributed by atoms with Gasteiger partial charge in [0.15, 0.2) is 5.84 Å². The Kier molecular flexibility index (Phi) is 4.66. The molecule has 0 radical (unpaired) electrons. The number of nitrogens with zero attached hydrogens (tertiary/aromatic N) is 2. The topological polar surface area (TPSA) is 58.6 Å². The van der Waals surface area contributed by atoms with Crippen molar-refractivity contribution in [3.8, 4) is 0 Å². The Balaban J connectivity index is 4.30. The van der Waals surface area contributed by atoms with Crippen molar-refractivity contribution in [3.63, 3.8) is 0 Å². The normalized spacial score (nSPS) is 13.4. The van der Waals surface area contributed by atoms with Crippen molar-refractivity contribution in [2.45, 2.75) is 20.8 Å². The average Bonchev–Trinajstić information content (AvgIpc) is 2.14. The fourth-order valence-electron chi connectivity index (χ4n) is 1.38. The molecule has 12 heavy (non-hydrogen) atoms. The van der Waals surface area contributed by atoms with E-state index in [0.29, 0.717) is 12.4 Å². The molecule has 0 bridgehead atoms. The van der Waals surface area contributed by atoms with Gasteiger partial charge < -0.3 is 15.4 Å². The Labute approximate surface area is 74.2 Å². The first-order valence-electron chi connectivity index (χ1n) is 4.45. The second-order valence-electron chi connectivity index (χ2n) is 3.04. The first-order valence-corrected chi connectivity index (χ1v) is 4.45. The molecule has 0 unspecified atom stereocenters. The lowest BCUT2D eigenvalue weighted by Gasteiger charge is -2.34. The average molecular weight is 174 g/mol. The van der Waals surface area contributed by atoms with E-state index in [1.54, 1.807) is 0 Å². The molecule has 0 amide bonds. The fraction of sp³-hybridized carbons (Fsp3) is 0.875. The predicted molar refractivity (Wildman–Crippen MR) is 50.2 cm³/mol. The number of likely N-dealkylation sites (N-methyl/N-ethyl adjacent to an activating group) is 1. The van der Waals surface area contributed by atoms with E-state index in [1.807, 2.05) is 0 Å². The van der Waals surface area contributed by atoms with E-state index in [4.69, 9.17) is 10.9 Å². The van der Waals surface area contributed by atoms with Gasteiger partial charge in [-0.25, -0.2) is 0 Å². The highest BCUT2D eigenvalue weighted by Gasteiger charge is 2.22. The molecule has 0 saturated heterocycles. The molecule has 0 fully saturated rings. The molecule has 0 aromatic heterocycles. The summed E-state index contributed by atoms with van der Waals surface area (Å²) in [5.74, 6) is 0.320. The van der Waals surface area contributed by atoms with Crippen LogP contribution in [0.4, 0.5) is 0 Å². The Morgan fingerprint density at radius 2 is 1.67 bits per heavy atom. The van der Waals surface area contributed by atoms with Gasteiger partial charge in [0.05, 0.1) is 19.6 Å². The Morgan fingerprint density at radius 3 is 1.92 bits per heavy atom. The van der Waals surface area contributed by atoms with Gasteiger partial charge in [-0.2, -0.15) is 0 Å². The van der Waals surface area contributed by atoms with Gasteiger partial charge >= 0.3 is 0 Å². The monoisotopic (exact) mass is 174 g/mol. The second-order valence-corrected chi connectivity index (χ2v) is 3.04. The molecule has 0 aliphatic heterocycles. The molecule has 0 aromatic carbocycles. The summed E-state index contributed by atoms with van der Waals surface area (Å²) in [5, 5.41) is 11.4. The number of quaternary nitrogens is 1. The molecule has 0 spiro atoms. The van der Waals surface area contributed by atoms with Gasteiger partial charge in [-0.15, -0.1) is 0 Å². The largest absolute Gasteiger partial charge is 0.409 e. The van der Waals surface area contributed by atoms with Crippen LogP contribution in [0.2, 0.25) is 0 Å².